The Kier molecular flexibility index (Phi) is 2.86. The molecule has 0 saturated carbocycles. The highest BCUT2D eigenvalue weighted by molar-refractivity contribution is 6.34. The number of aromatic nitrogens is 2. The standard InChI is InChI=1S/C11H5ClF4N2O2/c12-8-4-1-6-7(20-3-19-6)2-5(4)17-10(18-8)11(15,16)9(13)14/h1-2,9H,3H2. The minimum absolute atomic E-state index is 0.0235. The summed E-state index contributed by atoms with van der Waals surface area (Å²) in [4.78, 5) is 6.69. The zero-order valence-electron chi connectivity index (χ0n) is 9.54. The van der Waals surface area contributed by atoms with Gasteiger partial charge in [0.1, 0.15) is 5.15 Å². The normalized spacial score (nSPS) is 14.3. The fraction of sp³-hybridized carbons (Fsp3) is 0.273. The zero-order chi connectivity index (χ0) is 14.5. The Hall–Kier alpha value is -1.83. The summed E-state index contributed by atoms with van der Waals surface area (Å²) in [6.45, 7) is -0.0310. The van der Waals surface area contributed by atoms with Crippen molar-refractivity contribution in [3.8, 4) is 11.5 Å². The van der Waals surface area contributed by atoms with E-state index >= 15 is 0 Å². The molecule has 1 aromatic carbocycles. The Morgan fingerprint density at radius 1 is 1.15 bits per heavy atom. The van der Waals surface area contributed by atoms with E-state index in [4.69, 9.17) is 21.1 Å². The Morgan fingerprint density at radius 2 is 1.80 bits per heavy atom. The molecule has 2 heterocycles. The summed E-state index contributed by atoms with van der Waals surface area (Å²) in [5, 5.41) is -0.145. The van der Waals surface area contributed by atoms with Gasteiger partial charge in [0.15, 0.2) is 11.5 Å². The molecule has 1 aromatic heterocycles. The van der Waals surface area contributed by atoms with Gasteiger partial charge in [0, 0.05) is 11.5 Å². The molecule has 2 aromatic rings. The molecule has 0 unspecified atom stereocenters. The van der Waals surface area contributed by atoms with Gasteiger partial charge in [-0.05, 0) is 6.07 Å². The summed E-state index contributed by atoms with van der Waals surface area (Å²) in [5.74, 6) is -5.17. The third-order valence-corrected chi connectivity index (χ3v) is 3.00. The first-order valence-electron chi connectivity index (χ1n) is 5.33. The van der Waals surface area contributed by atoms with Crippen molar-refractivity contribution >= 4 is 22.5 Å². The fourth-order valence-electron chi connectivity index (χ4n) is 1.73. The molecule has 0 atom stereocenters. The molecule has 9 heteroatoms. The summed E-state index contributed by atoms with van der Waals surface area (Å²) in [5.41, 5.74) is -0.0235. The van der Waals surface area contributed by atoms with Crippen molar-refractivity contribution in [2.75, 3.05) is 6.79 Å². The number of rotatable bonds is 2. The molecule has 1 aliphatic heterocycles. The second kappa shape index (κ2) is 4.34. The van der Waals surface area contributed by atoms with Crippen molar-refractivity contribution in [2.45, 2.75) is 12.3 Å². The Morgan fingerprint density at radius 3 is 2.45 bits per heavy atom. The molecule has 106 valence electrons. The van der Waals surface area contributed by atoms with Crippen molar-refractivity contribution in [3.05, 3.63) is 23.1 Å². The summed E-state index contributed by atoms with van der Waals surface area (Å²) < 4.78 is 61.4. The number of benzene rings is 1. The zero-order valence-corrected chi connectivity index (χ0v) is 10.3. The average molecular weight is 309 g/mol. The SMILES string of the molecule is FC(F)C(F)(F)c1nc(Cl)c2cc3c(cc2n1)OCO3. The van der Waals surface area contributed by atoms with Crippen LogP contribution in [-0.2, 0) is 5.92 Å². The predicted molar refractivity (Wildman–Crippen MR) is 60.6 cm³/mol. The molecule has 0 aliphatic carbocycles. The van der Waals surface area contributed by atoms with E-state index in [9.17, 15) is 17.6 Å². The van der Waals surface area contributed by atoms with Crippen LogP contribution in [0.25, 0.3) is 10.9 Å². The van der Waals surface area contributed by atoms with Crippen molar-refractivity contribution in [1.82, 2.24) is 9.97 Å². The Labute approximate surface area is 114 Å². The minimum Gasteiger partial charge on any atom is -0.454 e. The maximum atomic E-state index is 13.3. The highest BCUT2D eigenvalue weighted by atomic mass is 35.5. The van der Waals surface area contributed by atoms with Crippen LogP contribution in [0, 0.1) is 0 Å². The number of fused-ring (bicyclic) bond motifs is 2. The van der Waals surface area contributed by atoms with Gasteiger partial charge in [-0.15, -0.1) is 0 Å². The quantitative estimate of drug-likeness (QED) is 0.630. The summed E-state index contributed by atoms with van der Waals surface area (Å²) >= 11 is 5.75. The lowest BCUT2D eigenvalue weighted by molar-refractivity contribution is -0.140. The molecule has 3 rings (SSSR count). The number of ether oxygens (including phenoxy) is 2. The predicted octanol–water partition coefficient (Wildman–Crippen LogP) is 3.37. The van der Waals surface area contributed by atoms with Gasteiger partial charge >= 0.3 is 12.3 Å². The molecular formula is C11H5ClF4N2O2. The van der Waals surface area contributed by atoms with Crippen molar-refractivity contribution in [1.29, 1.82) is 0 Å². The molecular weight excluding hydrogens is 304 g/mol. The van der Waals surface area contributed by atoms with Crippen LogP contribution in [-0.4, -0.2) is 23.2 Å². The monoisotopic (exact) mass is 308 g/mol. The third-order valence-electron chi connectivity index (χ3n) is 2.72. The van der Waals surface area contributed by atoms with E-state index in [2.05, 4.69) is 9.97 Å². The van der Waals surface area contributed by atoms with E-state index < -0.39 is 18.2 Å². The van der Waals surface area contributed by atoms with Crippen LogP contribution in [0.5, 0.6) is 11.5 Å². The number of nitrogens with zero attached hydrogens (tertiary/aromatic N) is 2. The first kappa shape index (κ1) is 13.2. The van der Waals surface area contributed by atoms with Crippen molar-refractivity contribution in [2.24, 2.45) is 0 Å². The molecule has 20 heavy (non-hydrogen) atoms. The number of halogens is 5. The van der Waals surface area contributed by atoms with Gasteiger partial charge in [0.25, 0.3) is 0 Å². The number of hydrogen-bond donors (Lipinski definition) is 0. The molecule has 0 radical (unpaired) electrons. The second-order valence-corrected chi connectivity index (χ2v) is 4.34. The van der Waals surface area contributed by atoms with Crippen LogP contribution < -0.4 is 9.47 Å². The van der Waals surface area contributed by atoms with Crippen LogP contribution >= 0.6 is 11.6 Å². The van der Waals surface area contributed by atoms with Crippen LogP contribution in [0.4, 0.5) is 17.6 Å². The van der Waals surface area contributed by atoms with Gasteiger partial charge in [-0.2, -0.15) is 8.78 Å². The molecule has 0 amide bonds. The molecule has 0 spiro atoms. The molecule has 1 aliphatic rings. The third kappa shape index (κ3) is 1.91. The average Bonchev–Trinajstić information content (AvgIpc) is 2.83. The van der Waals surface area contributed by atoms with Gasteiger partial charge in [-0.25, -0.2) is 18.7 Å². The minimum atomic E-state index is -4.48. The highest BCUT2D eigenvalue weighted by Gasteiger charge is 2.46. The van der Waals surface area contributed by atoms with E-state index in [0.29, 0.717) is 5.75 Å². The van der Waals surface area contributed by atoms with Gasteiger partial charge in [-0.3, -0.25) is 0 Å². The van der Waals surface area contributed by atoms with E-state index in [-0.39, 0.29) is 28.6 Å². The molecule has 0 fully saturated rings. The second-order valence-electron chi connectivity index (χ2n) is 3.98. The van der Waals surface area contributed by atoms with E-state index in [1.807, 2.05) is 0 Å². The van der Waals surface area contributed by atoms with E-state index in [1.54, 1.807) is 0 Å². The summed E-state index contributed by atoms with van der Waals surface area (Å²) in [7, 11) is 0. The fourth-order valence-corrected chi connectivity index (χ4v) is 1.96. The van der Waals surface area contributed by atoms with Gasteiger partial charge in [0.2, 0.25) is 12.6 Å². The Balaban J connectivity index is 2.21. The van der Waals surface area contributed by atoms with Gasteiger partial charge in [-0.1, -0.05) is 11.6 Å². The topological polar surface area (TPSA) is 44.2 Å². The molecule has 0 saturated heterocycles. The van der Waals surface area contributed by atoms with E-state index in [0.717, 1.165) is 0 Å². The lowest BCUT2D eigenvalue weighted by Gasteiger charge is -2.14. The number of hydrogen-bond acceptors (Lipinski definition) is 4. The molecule has 0 bridgehead atoms. The summed E-state index contributed by atoms with van der Waals surface area (Å²) in [6.07, 6.45) is -3.93. The first-order valence-corrected chi connectivity index (χ1v) is 5.70. The molecule has 0 N–H and O–H groups in total. The van der Waals surface area contributed by atoms with E-state index in [1.165, 1.54) is 12.1 Å². The maximum absolute atomic E-state index is 13.3. The highest BCUT2D eigenvalue weighted by Crippen LogP contribution is 2.39. The summed E-state index contributed by atoms with van der Waals surface area (Å²) in [6, 6.07) is 2.70. The van der Waals surface area contributed by atoms with Gasteiger partial charge in [0.05, 0.1) is 5.52 Å². The largest absolute Gasteiger partial charge is 0.454 e. The van der Waals surface area contributed by atoms with Crippen LogP contribution in [0.2, 0.25) is 5.15 Å². The maximum Gasteiger partial charge on any atom is 0.365 e. The lowest BCUT2D eigenvalue weighted by Crippen LogP contribution is -2.26. The van der Waals surface area contributed by atoms with Gasteiger partial charge < -0.3 is 9.47 Å². The van der Waals surface area contributed by atoms with Crippen LogP contribution in [0.1, 0.15) is 5.82 Å². The lowest BCUT2D eigenvalue weighted by atomic mass is 10.2. The first-order chi connectivity index (χ1) is 9.39. The van der Waals surface area contributed by atoms with Crippen LogP contribution in [0.3, 0.4) is 0 Å². The van der Waals surface area contributed by atoms with Crippen molar-refractivity contribution in [3.63, 3.8) is 0 Å². The number of alkyl halides is 4. The smallest absolute Gasteiger partial charge is 0.365 e. The molecule has 4 nitrogen and oxygen atoms in total. The Bertz CT molecular complexity index is 696. The van der Waals surface area contributed by atoms with Crippen molar-refractivity contribution < 1.29 is 27.0 Å². The van der Waals surface area contributed by atoms with Crippen LogP contribution in [0.15, 0.2) is 12.1 Å².